The van der Waals surface area contributed by atoms with Gasteiger partial charge in [-0.25, -0.2) is 4.98 Å². The first kappa shape index (κ1) is 13.7. The Morgan fingerprint density at radius 2 is 2.15 bits per heavy atom. The first-order chi connectivity index (χ1) is 9.75. The number of hydrogen-bond acceptors (Lipinski definition) is 4. The topological polar surface area (TPSA) is 24.9 Å². The molecule has 20 heavy (non-hydrogen) atoms. The van der Waals surface area contributed by atoms with E-state index in [1.165, 1.54) is 25.5 Å². The predicted octanol–water partition coefficient (Wildman–Crippen LogP) is 4.56. The summed E-state index contributed by atoms with van der Waals surface area (Å²) in [6.45, 7) is 5.45. The lowest BCUT2D eigenvalue weighted by molar-refractivity contribution is 0.582. The number of thiazole rings is 1. The molecule has 1 aromatic carbocycles. The molecule has 0 aliphatic heterocycles. The van der Waals surface area contributed by atoms with Gasteiger partial charge in [0.1, 0.15) is 0 Å². The first-order valence-corrected chi connectivity index (χ1v) is 8.55. The molecule has 0 fully saturated rings. The van der Waals surface area contributed by atoms with Crippen LogP contribution in [0.25, 0.3) is 10.1 Å². The minimum Gasteiger partial charge on any atom is -0.309 e. The van der Waals surface area contributed by atoms with E-state index in [1.54, 1.807) is 11.3 Å². The molecule has 0 amide bonds. The average Bonchev–Trinajstić information content (AvgIpc) is 3.08. The zero-order chi connectivity index (χ0) is 13.9. The zero-order valence-electron chi connectivity index (χ0n) is 11.7. The van der Waals surface area contributed by atoms with Crippen LogP contribution >= 0.6 is 22.7 Å². The van der Waals surface area contributed by atoms with Crippen molar-refractivity contribution in [2.45, 2.75) is 26.3 Å². The van der Waals surface area contributed by atoms with Crippen molar-refractivity contribution in [3.05, 3.63) is 51.3 Å². The lowest BCUT2D eigenvalue weighted by Gasteiger charge is -2.12. The molecule has 0 aliphatic rings. The molecule has 0 radical (unpaired) electrons. The number of aromatic nitrogens is 1. The maximum absolute atomic E-state index is 4.32. The van der Waals surface area contributed by atoms with Crippen LogP contribution in [0.2, 0.25) is 0 Å². The van der Waals surface area contributed by atoms with E-state index in [0.29, 0.717) is 6.04 Å². The standard InChI is InChI=1S/C16H18N2S2/c1-11-13-5-3-4-6-14(13)20-16(11)12(2)17-8-7-15-18-9-10-19-15/h3-6,9-10,12,17H,7-8H2,1-2H3. The smallest absolute Gasteiger partial charge is 0.0937 e. The minimum atomic E-state index is 0.396. The Balaban J connectivity index is 1.69. The van der Waals surface area contributed by atoms with Crippen LogP contribution in [0.3, 0.4) is 0 Å². The molecule has 1 N–H and O–H groups in total. The van der Waals surface area contributed by atoms with Crippen molar-refractivity contribution in [3.8, 4) is 0 Å². The molecule has 3 aromatic rings. The third-order valence-electron chi connectivity index (χ3n) is 3.55. The molecule has 1 unspecified atom stereocenters. The largest absolute Gasteiger partial charge is 0.309 e. The van der Waals surface area contributed by atoms with Crippen LogP contribution in [0.15, 0.2) is 35.8 Å². The molecular weight excluding hydrogens is 284 g/mol. The fourth-order valence-corrected chi connectivity index (χ4v) is 4.33. The van der Waals surface area contributed by atoms with Crippen LogP contribution < -0.4 is 5.32 Å². The molecule has 4 heteroatoms. The number of rotatable bonds is 5. The van der Waals surface area contributed by atoms with Crippen LogP contribution in [0.1, 0.15) is 28.4 Å². The summed E-state index contributed by atoms with van der Waals surface area (Å²) in [4.78, 5) is 5.77. The number of benzene rings is 1. The highest BCUT2D eigenvalue weighted by Crippen LogP contribution is 2.34. The molecule has 0 bridgehead atoms. The fourth-order valence-electron chi connectivity index (χ4n) is 2.47. The number of nitrogens with zero attached hydrogens (tertiary/aromatic N) is 1. The molecule has 1 atom stereocenters. The molecule has 104 valence electrons. The minimum absolute atomic E-state index is 0.396. The number of fused-ring (bicyclic) bond motifs is 1. The van der Waals surface area contributed by atoms with Gasteiger partial charge >= 0.3 is 0 Å². The highest BCUT2D eigenvalue weighted by atomic mass is 32.1. The number of nitrogens with one attached hydrogen (secondary N) is 1. The van der Waals surface area contributed by atoms with Crippen LogP contribution in [-0.4, -0.2) is 11.5 Å². The van der Waals surface area contributed by atoms with Gasteiger partial charge in [0.05, 0.1) is 5.01 Å². The number of thiophene rings is 1. The van der Waals surface area contributed by atoms with Crippen molar-refractivity contribution in [1.29, 1.82) is 0 Å². The Kier molecular flexibility index (Phi) is 4.15. The van der Waals surface area contributed by atoms with Crippen molar-refractivity contribution in [3.63, 3.8) is 0 Å². The number of aryl methyl sites for hydroxylation is 1. The van der Waals surface area contributed by atoms with E-state index in [0.717, 1.165) is 13.0 Å². The Labute approximate surface area is 127 Å². The van der Waals surface area contributed by atoms with Crippen LogP contribution in [0.4, 0.5) is 0 Å². The lowest BCUT2D eigenvalue weighted by atomic mass is 10.1. The van der Waals surface area contributed by atoms with Crippen LogP contribution in [-0.2, 0) is 6.42 Å². The summed E-state index contributed by atoms with van der Waals surface area (Å²) < 4.78 is 1.38. The molecule has 0 saturated carbocycles. The van der Waals surface area contributed by atoms with Gasteiger partial charge in [-0.1, -0.05) is 18.2 Å². The Morgan fingerprint density at radius 3 is 2.90 bits per heavy atom. The van der Waals surface area contributed by atoms with Gasteiger partial charge < -0.3 is 5.32 Å². The Bertz CT molecular complexity index is 686. The zero-order valence-corrected chi connectivity index (χ0v) is 13.4. The first-order valence-electron chi connectivity index (χ1n) is 6.85. The fraction of sp³-hybridized carbons (Fsp3) is 0.312. The SMILES string of the molecule is Cc1c(C(C)NCCc2nccs2)sc2ccccc12. The van der Waals surface area contributed by atoms with Gasteiger partial charge in [0.2, 0.25) is 0 Å². The van der Waals surface area contributed by atoms with E-state index in [1.807, 2.05) is 22.9 Å². The van der Waals surface area contributed by atoms with E-state index in [4.69, 9.17) is 0 Å². The molecule has 0 aliphatic carbocycles. The third-order valence-corrected chi connectivity index (χ3v) is 5.84. The molecular formula is C16H18N2S2. The van der Waals surface area contributed by atoms with Gasteiger partial charge in [-0.15, -0.1) is 22.7 Å². The monoisotopic (exact) mass is 302 g/mol. The summed E-state index contributed by atoms with van der Waals surface area (Å²) >= 11 is 3.63. The Morgan fingerprint density at radius 1 is 1.30 bits per heavy atom. The molecule has 2 nitrogen and oxygen atoms in total. The predicted molar refractivity (Wildman–Crippen MR) is 88.8 cm³/mol. The average molecular weight is 302 g/mol. The second-order valence-electron chi connectivity index (χ2n) is 4.94. The Hall–Kier alpha value is -1.23. The van der Waals surface area contributed by atoms with Gasteiger partial charge in [-0.2, -0.15) is 0 Å². The van der Waals surface area contributed by atoms with E-state index in [9.17, 15) is 0 Å². The second kappa shape index (κ2) is 6.04. The van der Waals surface area contributed by atoms with Crippen LogP contribution in [0.5, 0.6) is 0 Å². The van der Waals surface area contributed by atoms with Gasteiger partial charge in [-0.3, -0.25) is 0 Å². The lowest BCUT2D eigenvalue weighted by Crippen LogP contribution is -2.21. The molecule has 2 aromatic heterocycles. The second-order valence-corrected chi connectivity index (χ2v) is 7.00. The van der Waals surface area contributed by atoms with Gasteiger partial charge in [0.25, 0.3) is 0 Å². The maximum atomic E-state index is 4.32. The van der Waals surface area contributed by atoms with E-state index >= 15 is 0 Å². The van der Waals surface area contributed by atoms with Crippen LogP contribution in [0, 0.1) is 6.92 Å². The van der Waals surface area contributed by atoms with Gasteiger partial charge in [0, 0.05) is 40.2 Å². The van der Waals surface area contributed by atoms with Crippen molar-refractivity contribution >= 4 is 32.8 Å². The van der Waals surface area contributed by atoms with E-state index in [2.05, 4.69) is 48.4 Å². The van der Waals surface area contributed by atoms with Crippen molar-refractivity contribution in [2.24, 2.45) is 0 Å². The van der Waals surface area contributed by atoms with Gasteiger partial charge in [-0.05, 0) is 30.9 Å². The molecule has 0 saturated heterocycles. The summed E-state index contributed by atoms with van der Waals surface area (Å²) in [5.41, 5.74) is 1.42. The molecule has 0 spiro atoms. The third kappa shape index (κ3) is 2.77. The van der Waals surface area contributed by atoms with Gasteiger partial charge in [0.15, 0.2) is 0 Å². The number of hydrogen-bond donors (Lipinski definition) is 1. The molecule has 3 rings (SSSR count). The summed E-state index contributed by atoms with van der Waals surface area (Å²) in [6, 6.07) is 9.05. The van der Waals surface area contributed by atoms with E-state index in [-0.39, 0.29) is 0 Å². The molecule has 2 heterocycles. The summed E-state index contributed by atoms with van der Waals surface area (Å²) in [5.74, 6) is 0. The highest BCUT2D eigenvalue weighted by Gasteiger charge is 2.13. The summed E-state index contributed by atoms with van der Waals surface area (Å²) in [6.07, 6.45) is 2.88. The normalized spacial score (nSPS) is 12.9. The van der Waals surface area contributed by atoms with E-state index < -0.39 is 0 Å². The quantitative estimate of drug-likeness (QED) is 0.747. The van der Waals surface area contributed by atoms with Crippen molar-refractivity contribution in [1.82, 2.24) is 10.3 Å². The van der Waals surface area contributed by atoms with Crippen molar-refractivity contribution in [2.75, 3.05) is 6.54 Å². The van der Waals surface area contributed by atoms with Crippen molar-refractivity contribution < 1.29 is 0 Å². The summed E-state index contributed by atoms with van der Waals surface area (Å²) in [7, 11) is 0. The maximum Gasteiger partial charge on any atom is 0.0937 e. The summed E-state index contributed by atoms with van der Waals surface area (Å²) in [5, 5.41) is 8.25. The highest BCUT2D eigenvalue weighted by molar-refractivity contribution is 7.19.